The first-order valence-electron chi connectivity index (χ1n) is 16.2. The number of aliphatic hydroxyl groups excluding tert-OH is 3. The van der Waals surface area contributed by atoms with Crippen LogP contribution in [0.2, 0.25) is 0 Å². The fourth-order valence-corrected chi connectivity index (χ4v) is 8.42. The van der Waals surface area contributed by atoms with Gasteiger partial charge in [0.1, 0.15) is 0 Å². The summed E-state index contributed by atoms with van der Waals surface area (Å²) in [5, 5.41) is 51.4. The van der Waals surface area contributed by atoms with Crippen LogP contribution in [0.5, 0.6) is 0 Å². The fraction of sp³-hybridized carbons (Fsp3) is 0.829. The number of fused-ring (bicyclic) bond motifs is 1. The maximum Gasteiger partial charge on any atom is 0.0839 e. The molecule has 3 saturated carbocycles. The van der Waals surface area contributed by atoms with Gasteiger partial charge in [-0.1, -0.05) is 56.9 Å². The van der Waals surface area contributed by atoms with Gasteiger partial charge < -0.3 is 25.5 Å². The molecule has 1 unspecified atom stereocenters. The lowest BCUT2D eigenvalue weighted by Gasteiger charge is -2.45. The van der Waals surface area contributed by atoms with Gasteiger partial charge in [0.25, 0.3) is 0 Å². The lowest BCUT2D eigenvalue weighted by Crippen LogP contribution is -2.38. The van der Waals surface area contributed by atoms with Crippen LogP contribution in [0.25, 0.3) is 0 Å². The van der Waals surface area contributed by atoms with Gasteiger partial charge in [0, 0.05) is 12.5 Å². The Morgan fingerprint density at radius 2 is 1.60 bits per heavy atom. The summed E-state index contributed by atoms with van der Waals surface area (Å²) in [4.78, 5) is 0. The van der Waals surface area contributed by atoms with Crippen molar-refractivity contribution in [2.24, 2.45) is 29.1 Å². The third-order valence-electron chi connectivity index (χ3n) is 10.6. The predicted molar refractivity (Wildman–Crippen MR) is 164 cm³/mol. The Labute approximate surface area is 244 Å². The van der Waals surface area contributed by atoms with Gasteiger partial charge in [-0.3, -0.25) is 0 Å². The van der Waals surface area contributed by atoms with Crippen molar-refractivity contribution in [3.05, 3.63) is 35.5 Å². The highest BCUT2D eigenvalue weighted by Gasteiger charge is 2.51. The van der Waals surface area contributed by atoms with Crippen LogP contribution < -0.4 is 0 Å². The Morgan fingerprint density at radius 3 is 2.17 bits per heavy atom. The Morgan fingerprint density at radius 1 is 0.975 bits per heavy atom. The van der Waals surface area contributed by atoms with E-state index in [1.165, 1.54) is 31.3 Å². The zero-order chi connectivity index (χ0) is 29.7. The Kier molecular flexibility index (Phi) is 11.7. The molecule has 3 rings (SSSR count). The quantitative estimate of drug-likeness (QED) is 0.174. The van der Waals surface area contributed by atoms with Gasteiger partial charge in [-0.15, -0.1) is 0 Å². The molecule has 230 valence electrons. The van der Waals surface area contributed by atoms with Crippen molar-refractivity contribution in [1.29, 1.82) is 0 Å². The second-order valence-corrected chi connectivity index (χ2v) is 15.0. The van der Waals surface area contributed by atoms with Crippen molar-refractivity contribution < 1.29 is 25.5 Å². The molecule has 0 bridgehead atoms. The van der Waals surface area contributed by atoms with E-state index in [0.717, 1.165) is 50.5 Å². The number of allylic oxidation sites excluding steroid dienone is 3. The van der Waals surface area contributed by atoms with Crippen molar-refractivity contribution in [2.75, 3.05) is 6.61 Å². The summed E-state index contributed by atoms with van der Waals surface area (Å²) < 4.78 is 0. The summed E-state index contributed by atoms with van der Waals surface area (Å²) in [5.74, 6) is 1.55. The van der Waals surface area contributed by atoms with E-state index >= 15 is 0 Å². The predicted octanol–water partition coefficient (Wildman–Crippen LogP) is 6.62. The van der Waals surface area contributed by atoms with Crippen LogP contribution in [0, 0.1) is 29.1 Å². The molecule has 0 saturated heterocycles. The van der Waals surface area contributed by atoms with Gasteiger partial charge in [0.2, 0.25) is 0 Å². The van der Waals surface area contributed by atoms with Crippen molar-refractivity contribution in [1.82, 2.24) is 0 Å². The molecule has 0 aliphatic heterocycles. The molecular weight excluding hydrogens is 500 g/mol. The van der Waals surface area contributed by atoms with Gasteiger partial charge in [0.05, 0.1) is 23.4 Å². The van der Waals surface area contributed by atoms with Crippen LogP contribution in [-0.2, 0) is 0 Å². The SMILES string of the molecule is C=C1/C(=C\C=C2/CCC[C@@]3(C)C2CC[C@@H]3C(CCCC(C)(C)O)CCCC(C)(C)O)C[C@@H](O)[C@H](CCCO)[C@@H]1O. The number of hydrogen-bond acceptors (Lipinski definition) is 5. The molecule has 0 aromatic rings. The summed E-state index contributed by atoms with van der Waals surface area (Å²) in [5.41, 5.74) is 2.18. The van der Waals surface area contributed by atoms with E-state index in [4.69, 9.17) is 0 Å². The second-order valence-electron chi connectivity index (χ2n) is 15.0. The normalized spacial score (nSPS) is 33.8. The molecule has 0 aromatic heterocycles. The minimum Gasteiger partial charge on any atom is -0.396 e. The number of rotatable bonds is 13. The molecule has 0 radical (unpaired) electrons. The highest BCUT2D eigenvalue weighted by Crippen LogP contribution is 2.60. The molecule has 5 N–H and O–H groups in total. The van der Waals surface area contributed by atoms with Crippen LogP contribution in [0.4, 0.5) is 0 Å². The molecule has 3 aliphatic rings. The van der Waals surface area contributed by atoms with E-state index in [1.807, 2.05) is 27.7 Å². The zero-order valence-electron chi connectivity index (χ0n) is 26.2. The summed E-state index contributed by atoms with van der Waals surface area (Å²) in [7, 11) is 0. The van der Waals surface area contributed by atoms with Gasteiger partial charge in [0.15, 0.2) is 0 Å². The van der Waals surface area contributed by atoms with Crippen LogP contribution in [-0.4, -0.2) is 55.5 Å². The Bertz CT molecular complexity index is 870. The lowest BCUT2D eigenvalue weighted by molar-refractivity contribution is 0.0112. The van der Waals surface area contributed by atoms with Crippen molar-refractivity contribution in [2.45, 2.75) is 148 Å². The Balaban J connectivity index is 1.76. The lowest BCUT2D eigenvalue weighted by atomic mass is 9.60. The highest BCUT2D eigenvalue weighted by atomic mass is 16.3. The molecule has 3 aliphatic carbocycles. The first-order valence-corrected chi connectivity index (χ1v) is 16.2. The monoisotopic (exact) mass is 560 g/mol. The molecule has 5 nitrogen and oxygen atoms in total. The molecule has 5 heteroatoms. The van der Waals surface area contributed by atoms with E-state index in [9.17, 15) is 25.5 Å². The maximum atomic E-state index is 10.8. The van der Waals surface area contributed by atoms with Crippen LogP contribution in [0.3, 0.4) is 0 Å². The summed E-state index contributed by atoms with van der Waals surface area (Å²) in [6.45, 7) is 14.4. The van der Waals surface area contributed by atoms with Gasteiger partial charge in [-0.25, -0.2) is 0 Å². The van der Waals surface area contributed by atoms with E-state index in [2.05, 4.69) is 25.7 Å². The second kappa shape index (κ2) is 14.0. The van der Waals surface area contributed by atoms with E-state index in [1.54, 1.807) is 0 Å². The number of hydrogen-bond donors (Lipinski definition) is 5. The van der Waals surface area contributed by atoms with Gasteiger partial charge >= 0.3 is 0 Å². The standard InChI is InChI=1S/C35H60O5/c1-24-27(23-31(37)28(32(24)38)14-10-22-36)16-15-26-13-9-21-35(6)29(17-18-30(26)35)25(11-7-19-33(2,3)39)12-8-20-34(4,5)40/h15-16,25,28-32,36-40H,1,7-14,17-23H2,2-6H3/b26-15+,27-16-/t28-,29+,30?,31+,32+,35+/m0/s1. The average Bonchev–Trinajstić information content (AvgIpc) is 3.20. The summed E-state index contributed by atoms with van der Waals surface area (Å²) in [6.07, 6.45) is 16.7. The third kappa shape index (κ3) is 8.77. The van der Waals surface area contributed by atoms with E-state index < -0.39 is 23.4 Å². The van der Waals surface area contributed by atoms with Crippen LogP contribution in [0.15, 0.2) is 35.5 Å². The topological polar surface area (TPSA) is 101 Å². The first-order chi connectivity index (χ1) is 18.7. The maximum absolute atomic E-state index is 10.8. The van der Waals surface area contributed by atoms with Crippen molar-refractivity contribution >= 4 is 0 Å². The zero-order valence-corrected chi connectivity index (χ0v) is 26.2. The molecule has 6 atom stereocenters. The van der Waals surface area contributed by atoms with Crippen molar-refractivity contribution in [3.63, 3.8) is 0 Å². The van der Waals surface area contributed by atoms with Crippen LogP contribution >= 0.6 is 0 Å². The minimum absolute atomic E-state index is 0.0675. The van der Waals surface area contributed by atoms with Gasteiger partial charge in [-0.2, -0.15) is 0 Å². The van der Waals surface area contributed by atoms with E-state index in [0.29, 0.717) is 42.6 Å². The van der Waals surface area contributed by atoms with Crippen molar-refractivity contribution in [3.8, 4) is 0 Å². The first kappa shape index (κ1) is 33.5. The van der Waals surface area contributed by atoms with E-state index in [-0.39, 0.29) is 17.9 Å². The molecule has 0 spiro atoms. The molecule has 0 amide bonds. The average molecular weight is 561 g/mol. The van der Waals surface area contributed by atoms with Crippen LogP contribution in [0.1, 0.15) is 125 Å². The fourth-order valence-electron chi connectivity index (χ4n) is 8.42. The Hall–Kier alpha value is -0.980. The highest BCUT2D eigenvalue weighted by molar-refractivity contribution is 5.39. The number of aliphatic hydroxyl groups is 5. The molecule has 40 heavy (non-hydrogen) atoms. The molecule has 0 aromatic carbocycles. The third-order valence-corrected chi connectivity index (χ3v) is 10.6. The molecule has 0 heterocycles. The molecular formula is C35H60O5. The summed E-state index contributed by atoms with van der Waals surface area (Å²) in [6, 6.07) is 0. The summed E-state index contributed by atoms with van der Waals surface area (Å²) >= 11 is 0. The smallest absolute Gasteiger partial charge is 0.0839 e. The minimum atomic E-state index is -0.763. The van der Waals surface area contributed by atoms with Gasteiger partial charge in [-0.05, 0) is 126 Å². The largest absolute Gasteiger partial charge is 0.396 e. The molecule has 3 fully saturated rings.